The zero-order valence-electron chi connectivity index (χ0n) is 11.8. The minimum atomic E-state index is -0.334. The summed E-state index contributed by atoms with van der Waals surface area (Å²) in [6.07, 6.45) is 0. The summed E-state index contributed by atoms with van der Waals surface area (Å²) in [7, 11) is 3.02. The smallest absolute Gasteiger partial charge is 0.310 e. The molecule has 0 spiro atoms. The second-order valence-corrected chi connectivity index (χ2v) is 5.84. The number of hydrogen-bond acceptors (Lipinski definition) is 4. The summed E-state index contributed by atoms with van der Waals surface area (Å²) in [6.45, 7) is 2.07. The highest BCUT2D eigenvalue weighted by Gasteiger charge is 2.18. The van der Waals surface area contributed by atoms with E-state index >= 15 is 0 Å². The van der Waals surface area contributed by atoms with Gasteiger partial charge in [0.25, 0.3) is 0 Å². The fraction of sp³-hybridized carbons (Fsp3) is 0.429. The van der Waals surface area contributed by atoms with Crippen molar-refractivity contribution in [3.05, 3.63) is 29.3 Å². The Bertz CT molecular complexity index is 481. The second-order valence-electron chi connectivity index (χ2n) is 4.42. The average Bonchev–Trinajstić information content (AvgIpc) is 2.44. The highest BCUT2D eigenvalue weighted by Crippen LogP contribution is 2.26. The van der Waals surface area contributed by atoms with Crippen molar-refractivity contribution in [1.29, 1.82) is 0 Å². The summed E-state index contributed by atoms with van der Waals surface area (Å²) in [5.74, 6) is -0.415. The summed E-state index contributed by atoms with van der Waals surface area (Å²) in [5.41, 5.74) is 0. The average molecular weight is 316 g/mol. The molecule has 0 saturated heterocycles. The number of methoxy groups -OCH3 is 1. The number of halogens is 1. The molecular formula is C14H18ClNO3S. The molecular weight excluding hydrogens is 298 g/mol. The number of carbonyl (C=O) groups is 2. The Morgan fingerprint density at radius 3 is 2.65 bits per heavy atom. The van der Waals surface area contributed by atoms with Crippen LogP contribution in [-0.2, 0) is 14.3 Å². The van der Waals surface area contributed by atoms with E-state index in [0.717, 1.165) is 4.90 Å². The molecule has 110 valence electrons. The number of thioether (sulfide) groups is 1. The Hall–Kier alpha value is -1.20. The van der Waals surface area contributed by atoms with Crippen molar-refractivity contribution in [3.63, 3.8) is 0 Å². The number of carbonyl (C=O) groups excluding carboxylic acids is 2. The van der Waals surface area contributed by atoms with Gasteiger partial charge in [0.05, 0.1) is 23.8 Å². The van der Waals surface area contributed by atoms with E-state index in [-0.39, 0.29) is 23.5 Å². The Morgan fingerprint density at radius 2 is 2.05 bits per heavy atom. The molecule has 0 aliphatic rings. The van der Waals surface area contributed by atoms with Crippen molar-refractivity contribution in [2.45, 2.75) is 11.8 Å². The van der Waals surface area contributed by atoms with Gasteiger partial charge >= 0.3 is 5.97 Å². The lowest BCUT2D eigenvalue weighted by atomic mass is 10.2. The molecule has 0 bridgehead atoms. The maximum atomic E-state index is 12.0. The van der Waals surface area contributed by atoms with Gasteiger partial charge in [-0.15, -0.1) is 11.8 Å². The van der Waals surface area contributed by atoms with Crippen LogP contribution in [-0.4, -0.2) is 43.2 Å². The molecule has 1 unspecified atom stereocenters. The Labute approximate surface area is 128 Å². The van der Waals surface area contributed by atoms with Crippen LogP contribution in [0.3, 0.4) is 0 Å². The SMILES string of the molecule is COC(=O)C(C)CN(C)C(=O)CSc1ccccc1Cl. The second kappa shape index (κ2) is 8.17. The number of amides is 1. The molecule has 20 heavy (non-hydrogen) atoms. The molecule has 0 aliphatic heterocycles. The van der Waals surface area contributed by atoms with E-state index in [2.05, 4.69) is 4.74 Å². The van der Waals surface area contributed by atoms with Crippen LogP contribution in [0, 0.1) is 5.92 Å². The van der Waals surface area contributed by atoms with E-state index < -0.39 is 0 Å². The Morgan fingerprint density at radius 1 is 1.40 bits per heavy atom. The van der Waals surface area contributed by atoms with E-state index in [0.29, 0.717) is 11.6 Å². The van der Waals surface area contributed by atoms with Crippen LogP contribution in [0.1, 0.15) is 6.92 Å². The van der Waals surface area contributed by atoms with Gasteiger partial charge in [-0.3, -0.25) is 9.59 Å². The number of hydrogen-bond donors (Lipinski definition) is 0. The first-order valence-corrected chi connectivity index (χ1v) is 7.51. The molecule has 0 aliphatic carbocycles. The molecule has 1 aromatic carbocycles. The van der Waals surface area contributed by atoms with Gasteiger partial charge in [-0.25, -0.2) is 0 Å². The van der Waals surface area contributed by atoms with Crippen molar-refractivity contribution in [3.8, 4) is 0 Å². The van der Waals surface area contributed by atoms with Gasteiger partial charge in [-0.1, -0.05) is 30.7 Å². The lowest BCUT2D eigenvalue weighted by molar-refractivity contribution is -0.145. The first kappa shape index (κ1) is 16.9. The molecule has 0 heterocycles. The van der Waals surface area contributed by atoms with Crippen molar-refractivity contribution in [2.24, 2.45) is 5.92 Å². The van der Waals surface area contributed by atoms with E-state index in [4.69, 9.17) is 11.6 Å². The van der Waals surface area contributed by atoms with Crippen LogP contribution in [0.4, 0.5) is 0 Å². The topological polar surface area (TPSA) is 46.6 Å². The zero-order chi connectivity index (χ0) is 15.1. The van der Waals surface area contributed by atoms with Crippen LogP contribution >= 0.6 is 23.4 Å². The van der Waals surface area contributed by atoms with Gasteiger partial charge in [-0.2, -0.15) is 0 Å². The highest BCUT2D eigenvalue weighted by molar-refractivity contribution is 8.00. The van der Waals surface area contributed by atoms with Crippen molar-refractivity contribution in [1.82, 2.24) is 4.90 Å². The predicted octanol–water partition coefficient (Wildman–Crippen LogP) is 2.70. The molecule has 1 atom stereocenters. The third kappa shape index (κ3) is 5.06. The van der Waals surface area contributed by atoms with Gasteiger partial charge in [0.2, 0.25) is 5.91 Å². The van der Waals surface area contributed by atoms with Crippen molar-refractivity contribution in [2.75, 3.05) is 26.5 Å². The molecule has 4 nitrogen and oxygen atoms in total. The lowest BCUT2D eigenvalue weighted by Gasteiger charge is -2.20. The fourth-order valence-electron chi connectivity index (χ4n) is 1.60. The summed E-state index contributed by atoms with van der Waals surface area (Å²) in [5, 5.41) is 0.635. The summed E-state index contributed by atoms with van der Waals surface area (Å²) in [4.78, 5) is 25.7. The molecule has 1 amide bonds. The molecule has 0 saturated carbocycles. The molecule has 6 heteroatoms. The van der Waals surface area contributed by atoms with Crippen LogP contribution < -0.4 is 0 Å². The summed E-state index contributed by atoms with van der Waals surface area (Å²) < 4.78 is 4.64. The predicted molar refractivity (Wildman–Crippen MR) is 81.0 cm³/mol. The third-order valence-electron chi connectivity index (χ3n) is 2.76. The maximum absolute atomic E-state index is 12.0. The van der Waals surface area contributed by atoms with Crippen molar-refractivity contribution < 1.29 is 14.3 Å². The maximum Gasteiger partial charge on any atom is 0.310 e. The number of esters is 1. The van der Waals surface area contributed by atoms with Crippen LogP contribution in [0.15, 0.2) is 29.2 Å². The van der Waals surface area contributed by atoms with E-state index in [1.54, 1.807) is 20.0 Å². The lowest BCUT2D eigenvalue weighted by Crippen LogP contribution is -2.35. The van der Waals surface area contributed by atoms with Crippen molar-refractivity contribution >= 4 is 35.2 Å². The van der Waals surface area contributed by atoms with E-state index in [1.165, 1.54) is 23.8 Å². The zero-order valence-corrected chi connectivity index (χ0v) is 13.3. The minimum Gasteiger partial charge on any atom is -0.469 e. The molecule has 1 rings (SSSR count). The van der Waals surface area contributed by atoms with Gasteiger partial charge in [0.1, 0.15) is 0 Å². The van der Waals surface area contributed by atoms with Gasteiger partial charge in [0, 0.05) is 18.5 Å². The minimum absolute atomic E-state index is 0.0503. The Balaban J connectivity index is 2.46. The van der Waals surface area contributed by atoms with Gasteiger partial charge in [0.15, 0.2) is 0 Å². The Kier molecular flexibility index (Phi) is 6.88. The molecule has 0 aromatic heterocycles. The number of ether oxygens (including phenoxy) is 1. The molecule has 0 N–H and O–H groups in total. The monoisotopic (exact) mass is 315 g/mol. The normalized spacial score (nSPS) is 11.8. The molecule has 1 aromatic rings. The first-order chi connectivity index (χ1) is 9.45. The first-order valence-electron chi connectivity index (χ1n) is 6.14. The van der Waals surface area contributed by atoms with E-state index in [1.807, 2.05) is 18.2 Å². The number of nitrogens with zero attached hydrogens (tertiary/aromatic N) is 1. The van der Waals surface area contributed by atoms with E-state index in [9.17, 15) is 9.59 Å². The molecule has 0 radical (unpaired) electrons. The highest BCUT2D eigenvalue weighted by atomic mass is 35.5. The standard InChI is InChI=1S/C14H18ClNO3S/c1-10(14(18)19-3)8-16(2)13(17)9-20-12-7-5-4-6-11(12)15/h4-7,10H,8-9H2,1-3H3. The van der Waals surface area contributed by atoms with Gasteiger partial charge < -0.3 is 9.64 Å². The largest absolute Gasteiger partial charge is 0.469 e. The van der Waals surface area contributed by atoms with Gasteiger partial charge in [-0.05, 0) is 12.1 Å². The quantitative estimate of drug-likeness (QED) is 0.598. The van der Waals surface area contributed by atoms with Crippen LogP contribution in [0.5, 0.6) is 0 Å². The third-order valence-corrected chi connectivity index (χ3v) is 4.26. The molecule has 0 fully saturated rings. The number of rotatable bonds is 6. The fourth-order valence-corrected chi connectivity index (χ4v) is 2.78. The summed E-state index contributed by atoms with van der Waals surface area (Å²) in [6, 6.07) is 7.38. The van der Waals surface area contributed by atoms with Crippen LogP contribution in [0.2, 0.25) is 5.02 Å². The number of benzene rings is 1. The van der Waals surface area contributed by atoms with Crippen LogP contribution in [0.25, 0.3) is 0 Å². The summed E-state index contributed by atoms with van der Waals surface area (Å²) >= 11 is 7.41.